The van der Waals surface area contributed by atoms with E-state index < -0.39 is 12.6 Å². The fourth-order valence-electron chi connectivity index (χ4n) is 0.981. The highest BCUT2D eigenvalue weighted by molar-refractivity contribution is 5.54. The van der Waals surface area contributed by atoms with E-state index in [0.29, 0.717) is 5.82 Å². The molecule has 0 bridgehead atoms. The van der Waals surface area contributed by atoms with Crippen LogP contribution in [0.2, 0.25) is 0 Å². The summed E-state index contributed by atoms with van der Waals surface area (Å²) in [6.07, 6.45) is -2.12. The van der Waals surface area contributed by atoms with Gasteiger partial charge in [-0.2, -0.15) is 13.2 Å². The van der Waals surface area contributed by atoms with Crippen molar-refractivity contribution >= 4 is 11.6 Å². The summed E-state index contributed by atoms with van der Waals surface area (Å²) < 4.78 is 35.3. The van der Waals surface area contributed by atoms with Crippen molar-refractivity contribution < 1.29 is 13.2 Å². The van der Waals surface area contributed by atoms with E-state index in [1.807, 2.05) is 0 Å². The van der Waals surface area contributed by atoms with Crippen molar-refractivity contribution in [2.75, 3.05) is 17.6 Å². The third-order valence-corrected chi connectivity index (χ3v) is 1.66. The topological polar surface area (TPSA) is 63.8 Å². The van der Waals surface area contributed by atoms with Gasteiger partial charge in [-0.05, 0) is 6.42 Å². The molecule has 0 saturated carbocycles. The van der Waals surface area contributed by atoms with Crippen molar-refractivity contribution in [3.05, 3.63) is 12.4 Å². The van der Waals surface area contributed by atoms with Crippen LogP contribution in [0.1, 0.15) is 12.8 Å². The Kier molecular flexibility index (Phi) is 3.70. The molecule has 1 aromatic rings. The number of anilines is 2. The van der Waals surface area contributed by atoms with Crippen molar-refractivity contribution in [2.45, 2.75) is 19.0 Å². The smallest absolute Gasteiger partial charge is 0.381 e. The van der Waals surface area contributed by atoms with Crippen LogP contribution in [-0.2, 0) is 0 Å². The summed E-state index contributed by atoms with van der Waals surface area (Å²) >= 11 is 0. The molecule has 0 atom stereocenters. The minimum absolute atomic E-state index is 0.0144. The highest BCUT2D eigenvalue weighted by Gasteiger charge is 2.25. The zero-order valence-corrected chi connectivity index (χ0v) is 7.88. The summed E-state index contributed by atoms with van der Waals surface area (Å²) in [5.74, 6) is 0.504. The van der Waals surface area contributed by atoms with Gasteiger partial charge in [-0.25, -0.2) is 9.97 Å². The first-order chi connectivity index (χ1) is 6.99. The Hall–Kier alpha value is -1.53. The standard InChI is InChI=1S/C8H11F3N4/c9-8(10,11)2-1-3-14-7-6(12)13-4-5-15-7/h4-5H,1-3H2,(H2,12,13)(H,14,15). The Bertz CT molecular complexity index is 313. The highest BCUT2D eigenvalue weighted by Crippen LogP contribution is 2.21. The SMILES string of the molecule is Nc1nccnc1NCCCC(F)(F)F. The second kappa shape index (κ2) is 4.81. The van der Waals surface area contributed by atoms with Gasteiger partial charge in [0.05, 0.1) is 0 Å². The van der Waals surface area contributed by atoms with Gasteiger partial charge < -0.3 is 11.1 Å². The molecule has 0 aromatic carbocycles. The van der Waals surface area contributed by atoms with Gasteiger partial charge in [0.1, 0.15) is 0 Å². The van der Waals surface area contributed by atoms with Crippen LogP contribution in [0.25, 0.3) is 0 Å². The lowest BCUT2D eigenvalue weighted by molar-refractivity contribution is -0.134. The molecule has 1 aromatic heterocycles. The molecule has 0 fully saturated rings. The molecule has 4 nitrogen and oxygen atoms in total. The summed E-state index contributed by atoms with van der Waals surface area (Å²) in [6.45, 7) is 0.169. The van der Waals surface area contributed by atoms with Crippen molar-refractivity contribution in [1.82, 2.24) is 9.97 Å². The predicted molar refractivity (Wildman–Crippen MR) is 50.2 cm³/mol. The van der Waals surface area contributed by atoms with E-state index in [1.165, 1.54) is 12.4 Å². The van der Waals surface area contributed by atoms with Gasteiger partial charge in [0.2, 0.25) is 0 Å². The molecule has 15 heavy (non-hydrogen) atoms. The minimum Gasteiger partial charge on any atom is -0.381 e. The third-order valence-electron chi connectivity index (χ3n) is 1.66. The molecule has 0 unspecified atom stereocenters. The number of aromatic nitrogens is 2. The van der Waals surface area contributed by atoms with Gasteiger partial charge in [-0.15, -0.1) is 0 Å². The zero-order chi connectivity index (χ0) is 11.3. The maximum absolute atomic E-state index is 11.8. The molecular weight excluding hydrogens is 209 g/mol. The van der Waals surface area contributed by atoms with E-state index in [-0.39, 0.29) is 18.8 Å². The second-order valence-corrected chi connectivity index (χ2v) is 2.94. The first-order valence-corrected chi connectivity index (χ1v) is 4.36. The first-order valence-electron chi connectivity index (χ1n) is 4.36. The van der Waals surface area contributed by atoms with Crippen LogP contribution >= 0.6 is 0 Å². The van der Waals surface area contributed by atoms with Gasteiger partial charge in [0.25, 0.3) is 0 Å². The van der Waals surface area contributed by atoms with E-state index in [2.05, 4.69) is 15.3 Å². The number of halogens is 3. The number of nitrogens with two attached hydrogens (primary N) is 1. The van der Waals surface area contributed by atoms with Crippen LogP contribution < -0.4 is 11.1 Å². The van der Waals surface area contributed by atoms with Crippen LogP contribution in [0.15, 0.2) is 12.4 Å². The molecule has 84 valence electrons. The summed E-state index contributed by atoms with van der Waals surface area (Å²) in [7, 11) is 0. The molecule has 1 heterocycles. The summed E-state index contributed by atoms with van der Waals surface area (Å²) in [4.78, 5) is 7.57. The molecule has 0 radical (unpaired) electrons. The van der Waals surface area contributed by atoms with E-state index in [0.717, 1.165) is 0 Å². The first kappa shape index (κ1) is 11.5. The predicted octanol–water partition coefficient (Wildman–Crippen LogP) is 1.81. The number of hydrogen-bond donors (Lipinski definition) is 2. The van der Waals surface area contributed by atoms with Crippen LogP contribution in [-0.4, -0.2) is 22.7 Å². The zero-order valence-electron chi connectivity index (χ0n) is 7.88. The van der Waals surface area contributed by atoms with Crippen LogP contribution in [0, 0.1) is 0 Å². The number of hydrogen-bond acceptors (Lipinski definition) is 4. The van der Waals surface area contributed by atoms with E-state index in [9.17, 15) is 13.2 Å². The Labute approximate surface area is 84.7 Å². The van der Waals surface area contributed by atoms with Gasteiger partial charge >= 0.3 is 6.18 Å². The van der Waals surface area contributed by atoms with Crippen LogP contribution in [0.4, 0.5) is 24.8 Å². The summed E-state index contributed by atoms with van der Waals surface area (Å²) in [5.41, 5.74) is 5.43. The quantitative estimate of drug-likeness (QED) is 0.759. The average molecular weight is 220 g/mol. The maximum Gasteiger partial charge on any atom is 0.389 e. The second-order valence-electron chi connectivity index (χ2n) is 2.94. The van der Waals surface area contributed by atoms with E-state index in [4.69, 9.17) is 5.73 Å². The summed E-state index contributed by atoms with van der Waals surface area (Å²) in [5, 5.41) is 2.69. The number of alkyl halides is 3. The lowest BCUT2D eigenvalue weighted by Crippen LogP contribution is -2.12. The Morgan fingerprint density at radius 3 is 2.53 bits per heavy atom. The molecule has 1 rings (SSSR count). The highest BCUT2D eigenvalue weighted by atomic mass is 19.4. The van der Waals surface area contributed by atoms with E-state index in [1.54, 1.807) is 0 Å². The molecule has 0 saturated heterocycles. The number of nitrogen functional groups attached to an aromatic ring is 1. The monoisotopic (exact) mass is 220 g/mol. The largest absolute Gasteiger partial charge is 0.389 e. The fraction of sp³-hybridized carbons (Fsp3) is 0.500. The Morgan fingerprint density at radius 1 is 1.27 bits per heavy atom. The molecule has 0 aliphatic rings. The molecule has 7 heteroatoms. The Morgan fingerprint density at radius 2 is 1.93 bits per heavy atom. The maximum atomic E-state index is 11.8. The van der Waals surface area contributed by atoms with Crippen LogP contribution in [0.3, 0.4) is 0 Å². The summed E-state index contributed by atoms with van der Waals surface area (Å²) in [6, 6.07) is 0. The third kappa shape index (κ3) is 4.48. The molecule has 0 spiro atoms. The molecular formula is C8H11F3N4. The van der Waals surface area contributed by atoms with Crippen molar-refractivity contribution in [1.29, 1.82) is 0 Å². The minimum atomic E-state index is -4.12. The van der Waals surface area contributed by atoms with Crippen molar-refractivity contribution in [3.63, 3.8) is 0 Å². The van der Waals surface area contributed by atoms with E-state index >= 15 is 0 Å². The normalized spacial score (nSPS) is 11.4. The lowest BCUT2D eigenvalue weighted by Gasteiger charge is -2.08. The number of nitrogens with zero attached hydrogens (tertiary/aromatic N) is 2. The number of nitrogens with one attached hydrogen (secondary N) is 1. The Balaban J connectivity index is 2.30. The van der Waals surface area contributed by atoms with Gasteiger partial charge in [-0.1, -0.05) is 0 Å². The van der Waals surface area contributed by atoms with Crippen molar-refractivity contribution in [2.24, 2.45) is 0 Å². The molecule has 0 aliphatic heterocycles. The molecule has 3 N–H and O–H groups in total. The van der Waals surface area contributed by atoms with Gasteiger partial charge in [-0.3, -0.25) is 0 Å². The van der Waals surface area contributed by atoms with Crippen LogP contribution in [0.5, 0.6) is 0 Å². The van der Waals surface area contributed by atoms with Gasteiger partial charge in [0, 0.05) is 25.4 Å². The molecule has 0 amide bonds. The van der Waals surface area contributed by atoms with Gasteiger partial charge in [0.15, 0.2) is 11.6 Å². The fourth-order valence-corrected chi connectivity index (χ4v) is 0.981. The number of rotatable bonds is 4. The lowest BCUT2D eigenvalue weighted by atomic mass is 10.3. The van der Waals surface area contributed by atoms with Crippen molar-refractivity contribution in [3.8, 4) is 0 Å². The molecule has 0 aliphatic carbocycles. The average Bonchev–Trinajstić information content (AvgIpc) is 2.13.